The van der Waals surface area contributed by atoms with Gasteiger partial charge in [0, 0.05) is 40.2 Å². The molecule has 0 aromatic heterocycles. The molecule has 0 spiro atoms. The van der Waals surface area contributed by atoms with Gasteiger partial charge in [-0.15, -0.1) is 52.6 Å². The van der Waals surface area contributed by atoms with E-state index in [1.165, 1.54) is 0 Å². The van der Waals surface area contributed by atoms with Crippen LogP contribution in [0.1, 0.15) is 0 Å². The molecule has 0 rings (SSSR count). The smallest absolute Gasteiger partial charge is 0 e. The van der Waals surface area contributed by atoms with Crippen LogP contribution in [0.25, 0.3) is 0 Å². The fourth-order valence-electron chi connectivity index (χ4n) is 0. The molecule has 0 N–H and O–H groups in total. The standard InChI is InChI=1S/4C2H4.2ClH.2Ir/c4*1-2;;;;/h4*1-2H2;2*1H;;/p-2. The zero-order valence-corrected chi connectivity index (χ0v) is 13.4. The van der Waals surface area contributed by atoms with Crippen molar-refractivity contribution in [2.75, 3.05) is 0 Å². The maximum atomic E-state index is 3.00. The van der Waals surface area contributed by atoms with Crippen LogP contribution in [0.5, 0.6) is 0 Å². The molecule has 0 aliphatic carbocycles. The van der Waals surface area contributed by atoms with Crippen LogP contribution in [0.2, 0.25) is 0 Å². The molecule has 0 atom stereocenters. The van der Waals surface area contributed by atoms with E-state index >= 15 is 0 Å². The zero-order chi connectivity index (χ0) is 8.00. The monoisotopic (exact) mass is 568 g/mol. The Morgan fingerprint density at radius 2 is 0.333 bits per heavy atom. The van der Waals surface area contributed by atoms with Crippen LogP contribution >= 0.6 is 0 Å². The Morgan fingerprint density at radius 1 is 0.333 bits per heavy atom. The van der Waals surface area contributed by atoms with Crippen molar-refractivity contribution in [3.8, 4) is 0 Å². The van der Waals surface area contributed by atoms with Crippen molar-refractivity contribution >= 4 is 0 Å². The third-order valence-corrected chi connectivity index (χ3v) is 0. The van der Waals surface area contributed by atoms with Crippen LogP contribution < -0.4 is 24.8 Å². The molecule has 0 aromatic rings. The molecule has 0 nitrogen and oxygen atoms in total. The summed E-state index contributed by atoms with van der Waals surface area (Å²) in [7, 11) is 0. The molecule has 0 saturated carbocycles. The quantitative estimate of drug-likeness (QED) is 0.278. The van der Waals surface area contributed by atoms with E-state index in [1.54, 1.807) is 0 Å². The van der Waals surface area contributed by atoms with Crippen LogP contribution in [-0.2, 0) is 40.2 Å². The van der Waals surface area contributed by atoms with E-state index in [9.17, 15) is 0 Å². The number of rotatable bonds is 0. The average Bonchev–Trinajstić information content (AvgIpc) is 2.03. The fourth-order valence-corrected chi connectivity index (χ4v) is 0. The largest absolute Gasteiger partial charge is 1.00 e. The minimum atomic E-state index is 0. The van der Waals surface area contributed by atoms with E-state index in [0.717, 1.165) is 0 Å². The van der Waals surface area contributed by atoms with Gasteiger partial charge in [0.1, 0.15) is 0 Å². The van der Waals surface area contributed by atoms with Gasteiger partial charge in [0.25, 0.3) is 0 Å². The van der Waals surface area contributed by atoms with Gasteiger partial charge in [0.15, 0.2) is 0 Å². The predicted octanol–water partition coefficient (Wildman–Crippen LogP) is -2.79. The summed E-state index contributed by atoms with van der Waals surface area (Å²) in [5.74, 6) is 0. The van der Waals surface area contributed by atoms with E-state index in [0.29, 0.717) is 0 Å². The minimum Gasteiger partial charge on any atom is -1.00 e. The van der Waals surface area contributed by atoms with Gasteiger partial charge in [0.2, 0.25) is 0 Å². The van der Waals surface area contributed by atoms with Gasteiger partial charge in [-0.1, -0.05) is 0 Å². The third kappa shape index (κ3) is 1490. The first-order valence-electron chi connectivity index (χ1n) is 2.00. The van der Waals surface area contributed by atoms with Gasteiger partial charge in [-0.3, -0.25) is 0 Å². The molecule has 0 aliphatic heterocycles. The molecule has 0 aromatic carbocycles. The summed E-state index contributed by atoms with van der Waals surface area (Å²) in [6.07, 6.45) is 0. The molecule has 0 saturated heterocycles. The molecule has 0 bridgehead atoms. The predicted molar refractivity (Wildman–Crippen MR) is 45.0 cm³/mol. The van der Waals surface area contributed by atoms with Gasteiger partial charge < -0.3 is 24.8 Å². The second-order valence-electron chi connectivity index (χ2n) is 0. The molecule has 82 valence electrons. The summed E-state index contributed by atoms with van der Waals surface area (Å²) in [6.45, 7) is 24.0. The molecule has 0 fully saturated rings. The van der Waals surface area contributed by atoms with Crippen molar-refractivity contribution in [2.24, 2.45) is 0 Å². The minimum absolute atomic E-state index is 0. The maximum Gasteiger partial charge on any atom is 0 e. The number of hydrogen-bond donors (Lipinski definition) is 0. The van der Waals surface area contributed by atoms with Crippen molar-refractivity contribution in [3.63, 3.8) is 0 Å². The average molecular weight is 568 g/mol. The first-order valence-corrected chi connectivity index (χ1v) is 2.00. The van der Waals surface area contributed by atoms with Crippen LogP contribution in [0.4, 0.5) is 0 Å². The van der Waals surface area contributed by atoms with E-state index < -0.39 is 0 Å². The van der Waals surface area contributed by atoms with Gasteiger partial charge >= 0.3 is 0 Å². The molecule has 0 aliphatic rings. The third-order valence-electron chi connectivity index (χ3n) is 0. The molecule has 12 heavy (non-hydrogen) atoms. The van der Waals surface area contributed by atoms with Crippen LogP contribution in [0.15, 0.2) is 52.6 Å². The summed E-state index contributed by atoms with van der Waals surface area (Å²) in [5.41, 5.74) is 0. The topological polar surface area (TPSA) is 0 Å². The molecular weight excluding hydrogens is 551 g/mol. The number of halogens is 2. The molecule has 2 radical (unpaired) electrons. The first kappa shape index (κ1) is 76.9. The Labute approximate surface area is 117 Å². The SMILES string of the molecule is C=C.C=C.C=C.C=C.[Cl-].[Cl-].[Ir].[Ir]. The van der Waals surface area contributed by atoms with Gasteiger partial charge in [-0.2, -0.15) is 0 Å². The summed E-state index contributed by atoms with van der Waals surface area (Å²) in [5, 5.41) is 0. The van der Waals surface area contributed by atoms with Crippen molar-refractivity contribution in [1.29, 1.82) is 0 Å². The van der Waals surface area contributed by atoms with Crippen molar-refractivity contribution in [3.05, 3.63) is 52.6 Å². The normalized spacial score (nSPS) is 1.33. The van der Waals surface area contributed by atoms with Gasteiger partial charge in [-0.05, 0) is 0 Å². The van der Waals surface area contributed by atoms with Gasteiger partial charge in [-0.25, -0.2) is 0 Å². The van der Waals surface area contributed by atoms with Crippen LogP contribution in [-0.4, -0.2) is 0 Å². The summed E-state index contributed by atoms with van der Waals surface area (Å²) in [6, 6.07) is 0. The second-order valence-corrected chi connectivity index (χ2v) is 0. The van der Waals surface area contributed by atoms with E-state index in [-0.39, 0.29) is 65.0 Å². The van der Waals surface area contributed by atoms with E-state index in [4.69, 9.17) is 0 Å². The number of hydrogen-bond acceptors (Lipinski definition) is 0. The Kier molecular flexibility index (Phi) is 12700. The van der Waals surface area contributed by atoms with Gasteiger partial charge in [0.05, 0.1) is 0 Å². The van der Waals surface area contributed by atoms with E-state index in [1.807, 2.05) is 0 Å². The molecular formula is C8H16Cl2Ir2-2. The Hall–Kier alpha value is 0.839. The van der Waals surface area contributed by atoms with Crippen molar-refractivity contribution in [2.45, 2.75) is 0 Å². The summed E-state index contributed by atoms with van der Waals surface area (Å²) >= 11 is 0. The molecule has 0 amide bonds. The molecule has 0 heterocycles. The summed E-state index contributed by atoms with van der Waals surface area (Å²) in [4.78, 5) is 0. The second kappa shape index (κ2) is 1980. The van der Waals surface area contributed by atoms with E-state index in [2.05, 4.69) is 52.6 Å². The van der Waals surface area contributed by atoms with Crippen molar-refractivity contribution < 1.29 is 65.0 Å². The molecule has 0 unspecified atom stereocenters. The van der Waals surface area contributed by atoms with Crippen LogP contribution in [0, 0.1) is 0 Å². The summed E-state index contributed by atoms with van der Waals surface area (Å²) < 4.78 is 0. The Balaban J connectivity index is -0.00000000267. The van der Waals surface area contributed by atoms with Crippen LogP contribution in [0.3, 0.4) is 0 Å². The molecule has 4 heteroatoms. The Bertz CT molecular complexity index is 23.0. The zero-order valence-electron chi connectivity index (χ0n) is 7.08. The fraction of sp³-hybridized carbons (Fsp3) is 0. The van der Waals surface area contributed by atoms with Crippen molar-refractivity contribution in [1.82, 2.24) is 0 Å². The Morgan fingerprint density at radius 3 is 0.333 bits per heavy atom. The maximum absolute atomic E-state index is 3.00. The first-order chi connectivity index (χ1) is 4.00.